The van der Waals surface area contributed by atoms with Crippen molar-refractivity contribution in [2.75, 3.05) is 0 Å². The molecule has 0 bridgehead atoms. The van der Waals surface area contributed by atoms with Crippen LogP contribution >= 0.6 is 50.7 Å². The molecular weight excluding hydrogens is 370 g/mol. The summed E-state index contributed by atoms with van der Waals surface area (Å²) >= 11 is 21.3. The Balaban J connectivity index is 2.30. The van der Waals surface area contributed by atoms with Crippen molar-refractivity contribution in [1.82, 2.24) is 0 Å². The van der Waals surface area contributed by atoms with E-state index in [0.29, 0.717) is 26.2 Å². The lowest BCUT2D eigenvalue weighted by Gasteiger charge is -2.06. The molecule has 0 aliphatic rings. The van der Waals surface area contributed by atoms with Crippen molar-refractivity contribution in [3.8, 4) is 0 Å². The zero-order valence-electron chi connectivity index (χ0n) is 9.59. The molecule has 0 spiro atoms. The van der Waals surface area contributed by atoms with Crippen molar-refractivity contribution in [3.63, 3.8) is 0 Å². The SMILES string of the molecule is O=C(Cc1cc(Cl)ccc1Cl)c1cc(Br)ccc1Cl. The van der Waals surface area contributed by atoms with E-state index in [0.717, 1.165) is 4.47 Å². The second kappa shape index (κ2) is 6.27. The molecule has 0 aromatic heterocycles. The molecule has 2 aromatic carbocycles. The van der Waals surface area contributed by atoms with Gasteiger partial charge in [-0.3, -0.25) is 4.79 Å². The van der Waals surface area contributed by atoms with Gasteiger partial charge in [0.15, 0.2) is 5.78 Å². The van der Waals surface area contributed by atoms with Gasteiger partial charge in [0.2, 0.25) is 0 Å². The first-order chi connectivity index (χ1) is 8.97. The van der Waals surface area contributed by atoms with E-state index in [1.807, 2.05) is 0 Å². The molecule has 0 heterocycles. The third kappa shape index (κ3) is 3.73. The number of benzene rings is 2. The van der Waals surface area contributed by atoms with Crippen LogP contribution in [0.15, 0.2) is 40.9 Å². The van der Waals surface area contributed by atoms with Gasteiger partial charge in [-0.15, -0.1) is 0 Å². The number of hydrogen-bond donors (Lipinski definition) is 0. The van der Waals surface area contributed by atoms with Crippen LogP contribution in [-0.4, -0.2) is 5.78 Å². The van der Waals surface area contributed by atoms with Crippen LogP contribution in [0.5, 0.6) is 0 Å². The van der Waals surface area contributed by atoms with E-state index in [1.165, 1.54) is 0 Å². The minimum Gasteiger partial charge on any atom is -0.294 e. The summed E-state index contributed by atoms with van der Waals surface area (Å²) in [6.07, 6.45) is 0.162. The van der Waals surface area contributed by atoms with E-state index >= 15 is 0 Å². The van der Waals surface area contributed by atoms with Gasteiger partial charge in [0.05, 0.1) is 5.02 Å². The normalized spacial score (nSPS) is 10.5. The van der Waals surface area contributed by atoms with Gasteiger partial charge in [-0.2, -0.15) is 0 Å². The lowest BCUT2D eigenvalue weighted by atomic mass is 10.0. The molecule has 1 nitrogen and oxygen atoms in total. The van der Waals surface area contributed by atoms with Gasteiger partial charge in [-0.05, 0) is 42.0 Å². The average molecular weight is 378 g/mol. The lowest BCUT2D eigenvalue weighted by molar-refractivity contribution is 0.0993. The quantitative estimate of drug-likeness (QED) is 0.614. The summed E-state index contributed by atoms with van der Waals surface area (Å²) in [5.41, 5.74) is 1.15. The Hall–Kier alpha value is -0.540. The van der Waals surface area contributed by atoms with Crippen LogP contribution in [0.1, 0.15) is 15.9 Å². The fraction of sp³-hybridized carbons (Fsp3) is 0.0714. The third-order valence-electron chi connectivity index (χ3n) is 2.59. The highest BCUT2D eigenvalue weighted by molar-refractivity contribution is 9.10. The maximum atomic E-state index is 12.2. The van der Waals surface area contributed by atoms with Gasteiger partial charge in [0.1, 0.15) is 0 Å². The number of rotatable bonds is 3. The van der Waals surface area contributed by atoms with Crippen LogP contribution in [0.2, 0.25) is 15.1 Å². The van der Waals surface area contributed by atoms with E-state index in [9.17, 15) is 4.79 Å². The van der Waals surface area contributed by atoms with Crippen molar-refractivity contribution in [1.29, 1.82) is 0 Å². The van der Waals surface area contributed by atoms with Gasteiger partial charge in [0, 0.05) is 26.5 Å². The van der Waals surface area contributed by atoms with E-state index in [-0.39, 0.29) is 12.2 Å². The van der Waals surface area contributed by atoms with Crippen LogP contribution in [-0.2, 0) is 6.42 Å². The summed E-state index contributed by atoms with van der Waals surface area (Å²) in [4.78, 5) is 12.2. The minimum absolute atomic E-state index is 0.101. The van der Waals surface area contributed by atoms with E-state index in [2.05, 4.69) is 15.9 Å². The van der Waals surface area contributed by atoms with Gasteiger partial charge < -0.3 is 0 Å². The van der Waals surface area contributed by atoms with Gasteiger partial charge in [-0.1, -0.05) is 50.7 Å². The van der Waals surface area contributed by atoms with E-state index < -0.39 is 0 Å². The zero-order valence-corrected chi connectivity index (χ0v) is 13.4. The van der Waals surface area contributed by atoms with Crippen LogP contribution in [0.3, 0.4) is 0 Å². The maximum absolute atomic E-state index is 12.2. The monoisotopic (exact) mass is 376 g/mol. The van der Waals surface area contributed by atoms with Crippen molar-refractivity contribution in [2.24, 2.45) is 0 Å². The Morgan fingerprint density at radius 2 is 1.68 bits per heavy atom. The second-order valence-corrected chi connectivity index (χ2v) is 6.13. The lowest BCUT2D eigenvalue weighted by Crippen LogP contribution is -2.05. The summed E-state index contributed by atoms with van der Waals surface area (Å²) < 4.78 is 0.803. The molecule has 0 radical (unpaired) electrons. The fourth-order valence-corrected chi connectivity index (χ4v) is 2.62. The molecule has 98 valence electrons. The summed E-state index contributed by atoms with van der Waals surface area (Å²) in [6, 6.07) is 10.2. The standard InChI is InChI=1S/C14H8BrCl3O/c15-9-1-3-13(18)11(7-9)14(19)6-8-5-10(16)2-4-12(8)17/h1-5,7H,6H2. The van der Waals surface area contributed by atoms with Crippen LogP contribution in [0.4, 0.5) is 0 Å². The third-order valence-corrected chi connectivity index (χ3v) is 4.01. The molecule has 0 N–H and O–H groups in total. The van der Waals surface area contributed by atoms with Crippen molar-refractivity contribution in [3.05, 3.63) is 67.1 Å². The first-order valence-electron chi connectivity index (χ1n) is 5.39. The van der Waals surface area contributed by atoms with Gasteiger partial charge in [-0.25, -0.2) is 0 Å². The number of carbonyl (C=O) groups excluding carboxylic acids is 1. The van der Waals surface area contributed by atoms with Crippen molar-refractivity contribution >= 4 is 56.5 Å². The molecule has 0 saturated carbocycles. The molecule has 0 aliphatic heterocycles. The van der Waals surface area contributed by atoms with Crippen molar-refractivity contribution < 1.29 is 4.79 Å². The van der Waals surface area contributed by atoms with Crippen molar-refractivity contribution in [2.45, 2.75) is 6.42 Å². The molecule has 0 saturated heterocycles. The Kier molecular flexibility index (Phi) is 4.91. The highest BCUT2D eigenvalue weighted by Crippen LogP contribution is 2.25. The number of carbonyl (C=O) groups is 1. The first-order valence-corrected chi connectivity index (χ1v) is 7.32. The molecule has 5 heteroatoms. The zero-order chi connectivity index (χ0) is 14.0. The van der Waals surface area contributed by atoms with Gasteiger partial charge >= 0.3 is 0 Å². The molecule has 0 aliphatic carbocycles. The van der Waals surface area contributed by atoms with Crippen LogP contribution in [0, 0.1) is 0 Å². The van der Waals surface area contributed by atoms with E-state index in [1.54, 1.807) is 36.4 Å². The number of ketones is 1. The van der Waals surface area contributed by atoms with Crippen LogP contribution < -0.4 is 0 Å². The summed E-state index contributed by atoms with van der Waals surface area (Å²) in [7, 11) is 0. The predicted molar refractivity (Wildman–Crippen MR) is 83.6 cm³/mol. The highest BCUT2D eigenvalue weighted by Gasteiger charge is 2.13. The highest BCUT2D eigenvalue weighted by atomic mass is 79.9. The predicted octanol–water partition coefficient (Wildman–Crippen LogP) is 5.83. The fourth-order valence-electron chi connectivity index (χ4n) is 1.66. The summed E-state index contributed by atoms with van der Waals surface area (Å²) in [6.45, 7) is 0. The Bertz CT molecular complexity index is 641. The Morgan fingerprint density at radius 3 is 2.42 bits per heavy atom. The van der Waals surface area contributed by atoms with Gasteiger partial charge in [0.25, 0.3) is 0 Å². The molecular formula is C14H8BrCl3O. The summed E-state index contributed by atoms with van der Waals surface area (Å²) in [5.74, 6) is -0.101. The molecule has 0 amide bonds. The Morgan fingerprint density at radius 1 is 1.00 bits per heavy atom. The largest absolute Gasteiger partial charge is 0.294 e. The van der Waals surface area contributed by atoms with Crippen LogP contribution in [0.25, 0.3) is 0 Å². The minimum atomic E-state index is -0.101. The average Bonchev–Trinajstić information content (AvgIpc) is 2.36. The molecule has 0 fully saturated rings. The number of hydrogen-bond acceptors (Lipinski definition) is 1. The smallest absolute Gasteiger partial charge is 0.168 e. The molecule has 2 rings (SSSR count). The second-order valence-electron chi connectivity index (χ2n) is 3.96. The van der Waals surface area contributed by atoms with E-state index in [4.69, 9.17) is 34.8 Å². The maximum Gasteiger partial charge on any atom is 0.168 e. The summed E-state index contributed by atoms with van der Waals surface area (Å²) in [5, 5.41) is 1.49. The topological polar surface area (TPSA) is 17.1 Å². The Labute approximate surface area is 134 Å². The molecule has 2 aromatic rings. The molecule has 0 atom stereocenters. The first kappa shape index (κ1) is 14.9. The number of Topliss-reactive ketones (excluding diaryl/α,β-unsaturated/α-hetero) is 1. The number of halogens is 4. The molecule has 19 heavy (non-hydrogen) atoms. The molecule has 0 unspecified atom stereocenters.